The topological polar surface area (TPSA) is 93.2 Å². The van der Waals surface area contributed by atoms with Gasteiger partial charge in [0.25, 0.3) is 0 Å². The van der Waals surface area contributed by atoms with Crippen LogP contribution in [0.5, 0.6) is 5.75 Å². The van der Waals surface area contributed by atoms with Crippen LogP contribution in [0.25, 0.3) is 0 Å². The molecule has 92 valence electrons. The lowest BCUT2D eigenvalue weighted by atomic mass is 10.1. The van der Waals surface area contributed by atoms with Crippen molar-refractivity contribution in [2.24, 2.45) is 5.14 Å². The van der Waals surface area contributed by atoms with Crippen LogP contribution in [0, 0.1) is 11.3 Å². The number of halogens is 1. The minimum absolute atomic E-state index is 0.0657. The number of aryl methyl sites for hydroxylation is 1. The molecule has 0 aromatic heterocycles. The fraction of sp³-hybridized carbons (Fsp3) is 0.300. The molecular weight excluding hydrogens is 247 g/mol. The molecule has 0 atom stereocenters. The number of benzene rings is 1. The second kappa shape index (κ2) is 5.12. The summed E-state index contributed by atoms with van der Waals surface area (Å²) in [5, 5.41) is 13.9. The van der Waals surface area contributed by atoms with Gasteiger partial charge in [0.2, 0.25) is 16.9 Å². The predicted molar refractivity (Wildman–Crippen MR) is 58.5 cm³/mol. The van der Waals surface area contributed by atoms with Crippen molar-refractivity contribution in [2.75, 3.05) is 6.86 Å². The standard InChI is InChI=1S/C10H11FN2O3S/c1-2-7-3-4-9(17(13,14)15)8(5-12)10(7)16-6-11/h3-4H,2,6H2,1H3,(H2,13,14,15). The highest BCUT2D eigenvalue weighted by Crippen LogP contribution is 2.29. The van der Waals surface area contributed by atoms with E-state index in [0.717, 1.165) is 0 Å². The molecule has 7 heteroatoms. The van der Waals surface area contributed by atoms with E-state index in [2.05, 4.69) is 4.74 Å². The molecule has 2 N–H and O–H groups in total. The average Bonchev–Trinajstić information content (AvgIpc) is 2.27. The molecule has 0 aliphatic heterocycles. The van der Waals surface area contributed by atoms with Crippen molar-refractivity contribution in [3.8, 4) is 11.8 Å². The molecule has 0 radical (unpaired) electrons. The van der Waals surface area contributed by atoms with Crippen LogP contribution >= 0.6 is 0 Å². The largest absolute Gasteiger partial charge is 0.461 e. The lowest BCUT2D eigenvalue weighted by molar-refractivity contribution is 0.189. The van der Waals surface area contributed by atoms with Crippen LogP contribution in [0.3, 0.4) is 0 Å². The van der Waals surface area contributed by atoms with Crippen molar-refractivity contribution in [1.29, 1.82) is 5.26 Å². The van der Waals surface area contributed by atoms with E-state index in [1.165, 1.54) is 12.1 Å². The summed E-state index contributed by atoms with van der Waals surface area (Å²) in [7, 11) is -4.04. The number of alkyl halides is 1. The first-order valence-electron chi connectivity index (χ1n) is 4.73. The van der Waals surface area contributed by atoms with Crippen molar-refractivity contribution in [3.63, 3.8) is 0 Å². The van der Waals surface area contributed by atoms with E-state index in [4.69, 9.17) is 10.4 Å². The van der Waals surface area contributed by atoms with Gasteiger partial charge in [-0.15, -0.1) is 0 Å². The Labute approximate surface area is 98.7 Å². The zero-order valence-electron chi connectivity index (χ0n) is 9.10. The Morgan fingerprint density at radius 1 is 1.53 bits per heavy atom. The van der Waals surface area contributed by atoms with Gasteiger partial charge in [0, 0.05) is 0 Å². The van der Waals surface area contributed by atoms with Crippen LogP contribution in [0.4, 0.5) is 4.39 Å². The molecule has 1 rings (SSSR count). The summed E-state index contributed by atoms with van der Waals surface area (Å²) < 4.78 is 39.4. The lowest BCUT2D eigenvalue weighted by Crippen LogP contribution is -2.15. The number of ether oxygens (including phenoxy) is 1. The number of sulfonamides is 1. The van der Waals surface area contributed by atoms with Gasteiger partial charge < -0.3 is 4.74 Å². The van der Waals surface area contributed by atoms with Crippen molar-refractivity contribution < 1.29 is 17.5 Å². The summed E-state index contributed by atoms with van der Waals surface area (Å²) in [6.07, 6.45) is 0.481. The summed E-state index contributed by atoms with van der Waals surface area (Å²) in [6.45, 7) is 0.633. The Morgan fingerprint density at radius 2 is 2.18 bits per heavy atom. The molecule has 0 spiro atoms. The number of nitrogens with zero attached hydrogens (tertiary/aromatic N) is 1. The molecule has 0 fully saturated rings. The Balaban J connectivity index is 3.59. The highest BCUT2D eigenvalue weighted by molar-refractivity contribution is 7.89. The van der Waals surface area contributed by atoms with E-state index in [9.17, 15) is 12.8 Å². The number of nitrogens with two attached hydrogens (primary N) is 1. The maximum absolute atomic E-state index is 12.2. The van der Waals surface area contributed by atoms with Crippen LogP contribution in [-0.2, 0) is 16.4 Å². The quantitative estimate of drug-likeness (QED) is 0.874. The molecule has 0 saturated carbocycles. The Morgan fingerprint density at radius 3 is 2.59 bits per heavy atom. The minimum atomic E-state index is -4.04. The van der Waals surface area contributed by atoms with E-state index in [-0.39, 0.29) is 16.2 Å². The number of nitriles is 1. The van der Waals surface area contributed by atoms with Crippen molar-refractivity contribution in [1.82, 2.24) is 0 Å². The van der Waals surface area contributed by atoms with Gasteiger partial charge in [-0.05, 0) is 18.1 Å². The number of hydrogen-bond acceptors (Lipinski definition) is 4. The average molecular weight is 258 g/mol. The van der Waals surface area contributed by atoms with E-state index >= 15 is 0 Å². The predicted octanol–water partition coefficient (Wildman–Crippen LogP) is 1.07. The summed E-state index contributed by atoms with van der Waals surface area (Å²) in [5.74, 6) is -0.0657. The molecule has 0 amide bonds. The summed E-state index contributed by atoms with van der Waals surface area (Å²) >= 11 is 0. The monoisotopic (exact) mass is 258 g/mol. The Bertz CT molecular complexity index is 564. The normalized spacial score (nSPS) is 10.9. The van der Waals surface area contributed by atoms with Crippen molar-refractivity contribution >= 4 is 10.0 Å². The smallest absolute Gasteiger partial charge is 0.239 e. The third kappa shape index (κ3) is 2.72. The zero-order chi connectivity index (χ0) is 13.1. The molecular formula is C10H11FN2O3S. The van der Waals surface area contributed by atoms with Gasteiger partial charge in [-0.1, -0.05) is 13.0 Å². The second-order valence-corrected chi connectivity index (χ2v) is 4.72. The first-order valence-corrected chi connectivity index (χ1v) is 6.27. The maximum Gasteiger partial charge on any atom is 0.239 e. The molecule has 0 unspecified atom stereocenters. The Kier molecular flexibility index (Phi) is 4.04. The van der Waals surface area contributed by atoms with Crippen molar-refractivity contribution in [2.45, 2.75) is 18.2 Å². The van der Waals surface area contributed by atoms with Gasteiger partial charge in [0.05, 0.1) is 0 Å². The van der Waals surface area contributed by atoms with Gasteiger partial charge in [-0.2, -0.15) is 5.26 Å². The van der Waals surface area contributed by atoms with Crippen LogP contribution in [0.1, 0.15) is 18.1 Å². The van der Waals surface area contributed by atoms with Crippen LogP contribution < -0.4 is 9.88 Å². The number of primary sulfonamides is 1. The third-order valence-electron chi connectivity index (χ3n) is 2.20. The molecule has 5 nitrogen and oxygen atoms in total. The number of hydrogen-bond donors (Lipinski definition) is 1. The van der Waals surface area contributed by atoms with Gasteiger partial charge in [0.15, 0.2) is 0 Å². The van der Waals surface area contributed by atoms with E-state index in [1.807, 2.05) is 0 Å². The fourth-order valence-electron chi connectivity index (χ4n) is 1.45. The van der Waals surface area contributed by atoms with E-state index in [1.54, 1.807) is 13.0 Å². The van der Waals surface area contributed by atoms with E-state index in [0.29, 0.717) is 12.0 Å². The molecule has 0 saturated heterocycles. The first kappa shape index (κ1) is 13.4. The van der Waals surface area contributed by atoms with Crippen LogP contribution in [-0.4, -0.2) is 15.3 Å². The maximum atomic E-state index is 12.2. The Hall–Kier alpha value is -1.65. The zero-order valence-corrected chi connectivity index (χ0v) is 9.92. The van der Waals surface area contributed by atoms with Gasteiger partial charge >= 0.3 is 0 Å². The first-order chi connectivity index (χ1) is 7.95. The summed E-state index contributed by atoms with van der Waals surface area (Å²) in [5.41, 5.74) is 0.288. The lowest BCUT2D eigenvalue weighted by Gasteiger charge is -2.11. The van der Waals surface area contributed by atoms with Gasteiger partial charge in [-0.3, -0.25) is 0 Å². The molecule has 0 bridgehead atoms. The fourth-order valence-corrected chi connectivity index (χ4v) is 2.13. The molecule has 17 heavy (non-hydrogen) atoms. The highest BCUT2D eigenvalue weighted by Gasteiger charge is 2.20. The summed E-state index contributed by atoms with van der Waals surface area (Å²) in [4.78, 5) is -0.361. The second-order valence-electron chi connectivity index (χ2n) is 3.19. The highest BCUT2D eigenvalue weighted by atomic mass is 32.2. The van der Waals surface area contributed by atoms with E-state index < -0.39 is 16.9 Å². The molecule has 1 aromatic carbocycles. The molecule has 0 heterocycles. The van der Waals surface area contributed by atoms with Crippen LogP contribution in [0.15, 0.2) is 17.0 Å². The minimum Gasteiger partial charge on any atom is -0.461 e. The molecule has 0 aliphatic carbocycles. The molecule has 1 aromatic rings. The number of rotatable bonds is 4. The van der Waals surface area contributed by atoms with Gasteiger partial charge in [0.1, 0.15) is 22.3 Å². The van der Waals surface area contributed by atoms with Crippen LogP contribution in [0.2, 0.25) is 0 Å². The van der Waals surface area contributed by atoms with Crippen molar-refractivity contribution in [3.05, 3.63) is 23.3 Å². The molecule has 0 aliphatic rings. The third-order valence-corrected chi connectivity index (χ3v) is 3.15. The summed E-state index contributed by atoms with van der Waals surface area (Å²) in [6, 6.07) is 4.35. The van der Waals surface area contributed by atoms with Gasteiger partial charge in [-0.25, -0.2) is 17.9 Å². The SMILES string of the molecule is CCc1ccc(S(N)(=O)=O)c(C#N)c1OCF.